The van der Waals surface area contributed by atoms with Crippen LogP contribution in [0.5, 0.6) is 0 Å². The Bertz CT molecular complexity index is 1430. The van der Waals surface area contributed by atoms with Gasteiger partial charge in [-0.1, -0.05) is 18.2 Å². The van der Waals surface area contributed by atoms with Crippen LogP contribution in [0.15, 0.2) is 65.7 Å². The van der Waals surface area contributed by atoms with Crippen molar-refractivity contribution in [3.8, 4) is 22.6 Å². The number of carbonyl (C=O) groups is 1. The highest BCUT2D eigenvalue weighted by molar-refractivity contribution is 5.77. The molecule has 0 radical (unpaired) electrons. The Morgan fingerprint density at radius 2 is 1.67 bits per heavy atom. The number of nitrogens with one attached hydrogen (secondary N) is 2. The van der Waals surface area contributed by atoms with Crippen LogP contribution in [-0.4, -0.2) is 39.2 Å². The molecule has 8 nitrogen and oxygen atoms in total. The van der Waals surface area contributed by atoms with E-state index in [9.17, 15) is 22.8 Å². The summed E-state index contributed by atoms with van der Waals surface area (Å²) in [5.41, 5.74) is 1.84. The molecule has 1 amide bonds. The van der Waals surface area contributed by atoms with Gasteiger partial charge in [-0.25, -0.2) is 27.8 Å². The number of carbonyl (C=O) groups excluding carboxylic acids is 1. The average Bonchev–Trinajstić information content (AvgIpc) is 2.88. The first-order valence-corrected chi connectivity index (χ1v) is 10.9. The van der Waals surface area contributed by atoms with Gasteiger partial charge in [-0.15, -0.1) is 0 Å². The molecule has 0 bridgehead atoms. The minimum Gasteiger partial charge on any atom is -0.351 e. The fourth-order valence-electron chi connectivity index (χ4n) is 3.42. The quantitative estimate of drug-likeness (QED) is 0.365. The van der Waals surface area contributed by atoms with E-state index in [0.717, 1.165) is 22.4 Å². The molecule has 0 saturated heterocycles. The zero-order chi connectivity index (χ0) is 25.7. The van der Waals surface area contributed by atoms with Gasteiger partial charge in [-0.2, -0.15) is 5.10 Å². The van der Waals surface area contributed by atoms with Gasteiger partial charge in [0, 0.05) is 41.7 Å². The first kappa shape index (κ1) is 24.7. The summed E-state index contributed by atoms with van der Waals surface area (Å²) in [6.07, 6.45) is 3.23. The summed E-state index contributed by atoms with van der Waals surface area (Å²) < 4.78 is 41.7. The topological polar surface area (TPSA) is 102 Å². The minimum atomic E-state index is -1.57. The van der Waals surface area contributed by atoms with Crippen molar-refractivity contribution in [1.29, 1.82) is 0 Å². The molecule has 0 unspecified atom stereocenters. The van der Waals surface area contributed by atoms with E-state index in [1.54, 1.807) is 37.6 Å². The number of hydrogen-bond acceptors (Lipinski definition) is 6. The van der Waals surface area contributed by atoms with E-state index >= 15 is 0 Å². The van der Waals surface area contributed by atoms with Crippen molar-refractivity contribution < 1.29 is 18.0 Å². The van der Waals surface area contributed by atoms with Gasteiger partial charge >= 0.3 is 0 Å². The average molecular weight is 494 g/mol. The van der Waals surface area contributed by atoms with E-state index in [0.29, 0.717) is 23.5 Å². The number of hydrogen-bond donors (Lipinski definition) is 2. The summed E-state index contributed by atoms with van der Waals surface area (Å²) in [5, 5.41) is 9.70. The van der Waals surface area contributed by atoms with Crippen molar-refractivity contribution >= 4 is 5.91 Å². The maximum absolute atomic E-state index is 13.6. The summed E-state index contributed by atoms with van der Waals surface area (Å²) in [6.45, 7) is 0.583. The maximum atomic E-state index is 13.6. The second kappa shape index (κ2) is 10.9. The van der Waals surface area contributed by atoms with E-state index in [1.807, 2.05) is 6.07 Å². The molecular weight excluding hydrogens is 473 g/mol. The van der Waals surface area contributed by atoms with Crippen LogP contribution in [0.4, 0.5) is 13.2 Å². The predicted octanol–water partition coefficient (Wildman–Crippen LogP) is 2.67. The Hall–Kier alpha value is -4.38. The summed E-state index contributed by atoms with van der Waals surface area (Å²) in [5.74, 6) is -3.95. The van der Waals surface area contributed by atoms with Crippen LogP contribution in [0.2, 0.25) is 0 Å². The molecule has 0 aliphatic rings. The summed E-state index contributed by atoms with van der Waals surface area (Å²) in [6, 6.07) is 11.4. The first-order valence-electron chi connectivity index (χ1n) is 10.9. The van der Waals surface area contributed by atoms with Crippen LogP contribution in [0, 0.1) is 17.5 Å². The third-order valence-electron chi connectivity index (χ3n) is 5.20. The first-order chi connectivity index (χ1) is 17.3. The molecule has 2 heterocycles. The lowest BCUT2D eigenvalue weighted by atomic mass is 10.1. The van der Waals surface area contributed by atoms with Gasteiger partial charge in [0.1, 0.15) is 0 Å². The number of halogens is 3. The minimum absolute atomic E-state index is 0.00420. The number of nitrogens with zero attached hydrogens (tertiary/aromatic N) is 4. The molecule has 11 heteroatoms. The molecule has 2 aromatic heterocycles. The van der Waals surface area contributed by atoms with Gasteiger partial charge < -0.3 is 10.6 Å². The van der Waals surface area contributed by atoms with E-state index in [1.165, 1.54) is 12.1 Å². The van der Waals surface area contributed by atoms with E-state index < -0.39 is 23.0 Å². The van der Waals surface area contributed by atoms with Gasteiger partial charge in [0.15, 0.2) is 23.3 Å². The van der Waals surface area contributed by atoms with Crippen molar-refractivity contribution in [3.05, 3.63) is 99.9 Å². The molecule has 0 saturated carbocycles. The van der Waals surface area contributed by atoms with Crippen molar-refractivity contribution in [2.45, 2.75) is 13.1 Å². The van der Waals surface area contributed by atoms with Crippen LogP contribution < -0.4 is 16.2 Å². The fourth-order valence-corrected chi connectivity index (χ4v) is 3.42. The van der Waals surface area contributed by atoms with Crippen molar-refractivity contribution in [2.24, 2.45) is 0 Å². The largest absolute Gasteiger partial charge is 0.351 e. The maximum Gasteiger partial charge on any atom is 0.267 e. The van der Waals surface area contributed by atoms with Crippen molar-refractivity contribution in [1.82, 2.24) is 30.4 Å². The lowest BCUT2D eigenvalue weighted by Gasteiger charge is -2.09. The van der Waals surface area contributed by atoms with Crippen molar-refractivity contribution in [3.63, 3.8) is 0 Å². The monoisotopic (exact) mass is 494 g/mol. The number of benzene rings is 2. The van der Waals surface area contributed by atoms with Gasteiger partial charge in [-0.05, 0) is 36.9 Å². The van der Waals surface area contributed by atoms with Gasteiger partial charge in [0.25, 0.3) is 5.56 Å². The third-order valence-corrected chi connectivity index (χ3v) is 5.20. The molecule has 0 aliphatic heterocycles. The number of rotatable bonds is 8. The lowest BCUT2D eigenvalue weighted by molar-refractivity contribution is -0.120. The molecule has 184 valence electrons. The zero-order valence-corrected chi connectivity index (χ0v) is 19.1. The molecule has 36 heavy (non-hydrogen) atoms. The standard InChI is InChI=1S/C25H21F3N6O2/c1-29-13-22(35)30-10-16-11-31-25(32-12-16)17-4-2-3-15(7-17)14-34-23(36)6-5-21(33-34)18-8-19(26)24(28)20(27)9-18/h2-9,11-12,29H,10,13-14H2,1H3,(H,30,35). The predicted molar refractivity (Wildman–Crippen MR) is 126 cm³/mol. The highest BCUT2D eigenvalue weighted by Gasteiger charge is 2.13. The Morgan fingerprint density at radius 1 is 0.944 bits per heavy atom. The van der Waals surface area contributed by atoms with Crippen LogP contribution in [-0.2, 0) is 17.9 Å². The zero-order valence-electron chi connectivity index (χ0n) is 19.1. The number of aromatic nitrogens is 4. The summed E-state index contributed by atoms with van der Waals surface area (Å²) in [7, 11) is 1.68. The molecule has 0 fully saturated rings. The second-order valence-electron chi connectivity index (χ2n) is 7.89. The summed E-state index contributed by atoms with van der Waals surface area (Å²) in [4.78, 5) is 32.6. The molecule has 0 spiro atoms. The number of likely N-dealkylation sites (N-methyl/N-ethyl adjacent to an activating group) is 1. The Morgan fingerprint density at radius 3 is 2.36 bits per heavy atom. The fraction of sp³-hybridized carbons (Fsp3) is 0.160. The normalized spacial score (nSPS) is 10.9. The number of amides is 1. The van der Waals surface area contributed by atoms with Crippen LogP contribution in [0.25, 0.3) is 22.6 Å². The molecule has 0 aliphatic carbocycles. The second-order valence-corrected chi connectivity index (χ2v) is 7.89. The van der Waals surface area contributed by atoms with Crippen LogP contribution in [0.3, 0.4) is 0 Å². The molecule has 2 N–H and O–H groups in total. The SMILES string of the molecule is CNCC(=O)NCc1cnc(-c2cccc(Cn3nc(-c4cc(F)c(F)c(F)c4)ccc3=O)c2)nc1. The Balaban J connectivity index is 1.53. The lowest BCUT2D eigenvalue weighted by Crippen LogP contribution is -2.31. The van der Waals surface area contributed by atoms with Crippen molar-refractivity contribution in [2.75, 3.05) is 13.6 Å². The highest BCUT2D eigenvalue weighted by Crippen LogP contribution is 2.22. The van der Waals surface area contributed by atoms with Gasteiger partial charge in [0.2, 0.25) is 5.91 Å². The highest BCUT2D eigenvalue weighted by atomic mass is 19.2. The Kier molecular flexibility index (Phi) is 7.50. The smallest absolute Gasteiger partial charge is 0.267 e. The van der Waals surface area contributed by atoms with Gasteiger partial charge in [-0.3, -0.25) is 9.59 Å². The third kappa shape index (κ3) is 5.81. The van der Waals surface area contributed by atoms with E-state index in [2.05, 4.69) is 25.7 Å². The molecule has 4 rings (SSSR count). The van der Waals surface area contributed by atoms with Gasteiger partial charge in [0.05, 0.1) is 18.8 Å². The molecule has 0 atom stereocenters. The van der Waals surface area contributed by atoms with Crippen LogP contribution >= 0.6 is 0 Å². The molecule has 4 aromatic rings. The summed E-state index contributed by atoms with van der Waals surface area (Å²) >= 11 is 0. The van der Waals surface area contributed by atoms with Crippen LogP contribution in [0.1, 0.15) is 11.1 Å². The molecule has 2 aromatic carbocycles. The molecular formula is C25H21F3N6O2. The van der Waals surface area contributed by atoms with E-state index in [4.69, 9.17) is 0 Å². The Labute approximate surface area is 203 Å². The van der Waals surface area contributed by atoms with E-state index in [-0.39, 0.29) is 30.3 Å².